The summed E-state index contributed by atoms with van der Waals surface area (Å²) < 4.78 is 0. The molecule has 1 aromatic heterocycles. The van der Waals surface area contributed by atoms with Crippen molar-refractivity contribution < 1.29 is 0 Å². The van der Waals surface area contributed by atoms with Gasteiger partial charge in [-0.2, -0.15) is 0 Å². The highest BCUT2D eigenvalue weighted by Gasteiger charge is 2.32. The lowest BCUT2D eigenvalue weighted by molar-refractivity contribution is 0.180. The summed E-state index contributed by atoms with van der Waals surface area (Å²) in [6.45, 7) is 18.3. The molecule has 2 atom stereocenters. The molecule has 1 saturated heterocycles. The molecule has 5 rings (SSSR count). The van der Waals surface area contributed by atoms with E-state index in [1.54, 1.807) is 11.1 Å². The van der Waals surface area contributed by atoms with Gasteiger partial charge in [0.1, 0.15) is 5.82 Å². The molecule has 1 aromatic carbocycles. The highest BCUT2D eigenvalue weighted by atomic mass is 15.2. The van der Waals surface area contributed by atoms with Crippen LogP contribution in [0.5, 0.6) is 0 Å². The highest BCUT2D eigenvalue weighted by molar-refractivity contribution is 5.75. The average molecular weight is 536 g/mol. The van der Waals surface area contributed by atoms with Crippen molar-refractivity contribution >= 4 is 11.4 Å². The van der Waals surface area contributed by atoms with Crippen LogP contribution in [0.3, 0.4) is 0 Å². The van der Waals surface area contributed by atoms with Crippen LogP contribution >= 0.6 is 0 Å². The topological polar surface area (TPSA) is 19.4 Å². The van der Waals surface area contributed by atoms with Gasteiger partial charge in [-0.15, -0.1) is 6.58 Å². The largest absolute Gasteiger partial charge is 0.353 e. The summed E-state index contributed by atoms with van der Waals surface area (Å²) in [6.07, 6.45) is 19.4. The van der Waals surface area contributed by atoms with Gasteiger partial charge >= 0.3 is 0 Å². The standard InChI is InChI=1S/C37H49N3/c1-6-9-15-33(35-16-12-17-37(38-35)40-23-21-30(7-2)36(40)8-3)27(4)18-19-29-24-28(5)34-26-39(22-20-31(34)25-29)32-13-10-11-14-32/h6-7,9,12,15-17,24-25,30,32,36H,1-2,8,10-11,13-14,18-23,26H2,3-5H3/b15-9-,33-27-. The number of hydrogen-bond acceptors (Lipinski definition) is 3. The summed E-state index contributed by atoms with van der Waals surface area (Å²) in [4.78, 5) is 10.5. The Morgan fingerprint density at radius 1 is 1.10 bits per heavy atom. The third-order valence-electron chi connectivity index (χ3n) is 9.77. The van der Waals surface area contributed by atoms with E-state index in [4.69, 9.17) is 4.98 Å². The minimum absolute atomic E-state index is 0.481. The zero-order valence-corrected chi connectivity index (χ0v) is 25.2. The molecule has 2 aliphatic heterocycles. The van der Waals surface area contributed by atoms with E-state index >= 15 is 0 Å². The van der Waals surface area contributed by atoms with Gasteiger partial charge in [-0.25, -0.2) is 4.98 Å². The van der Waals surface area contributed by atoms with Gasteiger partial charge in [-0.3, -0.25) is 4.90 Å². The molecule has 2 unspecified atom stereocenters. The summed E-state index contributed by atoms with van der Waals surface area (Å²) in [5.41, 5.74) is 9.78. The van der Waals surface area contributed by atoms with Crippen molar-refractivity contribution in [2.75, 3.05) is 18.0 Å². The molecule has 0 radical (unpaired) electrons. The molecule has 3 heteroatoms. The summed E-state index contributed by atoms with van der Waals surface area (Å²) in [7, 11) is 0. The molecular weight excluding hydrogens is 486 g/mol. The van der Waals surface area contributed by atoms with Crippen LogP contribution in [0.2, 0.25) is 0 Å². The zero-order valence-electron chi connectivity index (χ0n) is 25.2. The maximum Gasteiger partial charge on any atom is 0.129 e. The minimum atomic E-state index is 0.481. The minimum Gasteiger partial charge on any atom is -0.353 e. The lowest BCUT2D eigenvalue weighted by atomic mass is 9.90. The van der Waals surface area contributed by atoms with E-state index in [9.17, 15) is 0 Å². The van der Waals surface area contributed by atoms with Gasteiger partial charge in [-0.05, 0) is 105 Å². The third-order valence-corrected chi connectivity index (χ3v) is 9.77. The molecule has 2 aromatic rings. The molecule has 3 nitrogen and oxygen atoms in total. The maximum absolute atomic E-state index is 5.21. The lowest BCUT2D eigenvalue weighted by Gasteiger charge is -2.34. The van der Waals surface area contributed by atoms with E-state index in [0.29, 0.717) is 12.0 Å². The molecule has 40 heavy (non-hydrogen) atoms. The first-order chi connectivity index (χ1) is 19.5. The van der Waals surface area contributed by atoms with E-state index in [-0.39, 0.29) is 0 Å². The van der Waals surface area contributed by atoms with Crippen molar-refractivity contribution in [3.63, 3.8) is 0 Å². The van der Waals surface area contributed by atoms with E-state index in [2.05, 4.69) is 86.2 Å². The van der Waals surface area contributed by atoms with Crippen molar-refractivity contribution in [2.45, 2.75) is 97.2 Å². The second-order valence-corrected chi connectivity index (χ2v) is 12.2. The number of aryl methyl sites for hydroxylation is 2. The second-order valence-electron chi connectivity index (χ2n) is 12.2. The third kappa shape index (κ3) is 6.20. The fourth-order valence-corrected chi connectivity index (χ4v) is 7.46. The van der Waals surface area contributed by atoms with Crippen LogP contribution in [0, 0.1) is 12.8 Å². The Bertz CT molecular complexity index is 1260. The Hall–Kier alpha value is -2.91. The van der Waals surface area contributed by atoms with E-state index in [0.717, 1.165) is 56.3 Å². The number of anilines is 1. The van der Waals surface area contributed by atoms with Crippen molar-refractivity contribution in [3.8, 4) is 0 Å². The number of allylic oxidation sites excluding steroid dienone is 5. The Morgan fingerprint density at radius 3 is 2.67 bits per heavy atom. The van der Waals surface area contributed by atoms with Gasteiger partial charge in [0.2, 0.25) is 0 Å². The molecule has 1 aliphatic carbocycles. The maximum atomic E-state index is 5.21. The molecule has 1 saturated carbocycles. The molecule has 212 valence electrons. The average Bonchev–Trinajstić information content (AvgIpc) is 3.67. The second kappa shape index (κ2) is 13.2. The van der Waals surface area contributed by atoms with Crippen LogP contribution in [0.25, 0.3) is 5.57 Å². The molecule has 3 heterocycles. The molecule has 0 N–H and O–H groups in total. The number of rotatable bonds is 10. The van der Waals surface area contributed by atoms with Crippen molar-refractivity contribution in [2.24, 2.45) is 5.92 Å². The fourth-order valence-electron chi connectivity index (χ4n) is 7.46. The van der Waals surface area contributed by atoms with E-state index in [1.807, 2.05) is 12.2 Å². The summed E-state index contributed by atoms with van der Waals surface area (Å²) >= 11 is 0. The van der Waals surface area contributed by atoms with Gasteiger partial charge in [0.25, 0.3) is 0 Å². The Balaban J connectivity index is 1.34. The normalized spacial score (nSPS) is 22.5. The molecular formula is C37H49N3. The lowest BCUT2D eigenvalue weighted by Crippen LogP contribution is -2.38. The van der Waals surface area contributed by atoms with Crippen LogP contribution in [0.4, 0.5) is 5.82 Å². The number of pyridine rings is 1. The Kier molecular flexibility index (Phi) is 9.42. The highest BCUT2D eigenvalue weighted by Crippen LogP contribution is 2.34. The molecule has 3 aliphatic rings. The zero-order chi connectivity index (χ0) is 28.1. The molecule has 0 amide bonds. The number of aromatic nitrogens is 1. The van der Waals surface area contributed by atoms with E-state index in [1.165, 1.54) is 60.9 Å². The first kappa shape index (κ1) is 28.6. The van der Waals surface area contributed by atoms with Gasteiger partial charge in [0.05, 0.1) is 5.69 Å². The van der Waals surface area contributed by atoms with Crippen molar-refractivity contribution in [3.05, 3.63) is 101 Å². The van der Waals surface area contributed by atoms with Crippen LogP contribution in [0.15, 0.2) is 73.4 Å². The van der Waals surface area contributed by atoms with Gasteiger partial charge in [-0.1, -0.05) is 74.4 Å². The summed E-state index contributed by atoms with van der Waals surface area (Å²) in [5, 5.41) is 0. The predicted octanol–water partition coefficient (Wildman–Crippen LogP) is 8.63. The number of fused-ring (bicyclic) bond motifs is 1. The first-order valence-electron chi connectivity index (χ1n) is 15.7. The fraction of sp³-hybridized carbons (Fsp3) is 0.486. The molecule has 2 fully saturated rings. The van der Waals surface area contributed by atoms with Gasteiger partial charge in [0.15, 0.2) is 0 Å². The van der Waals surface area contributed by atoms with Crippen molar-refractivity contribution in [1.82, 2.24) is 9.88 Å². The van der Waals surface area contributed by atoms with Crippen LogP contribution < -0.4 is 4.90 Å². The Morgan fingerprint density at radius 2 is 1.93 bits per heavy atom. The number of hydrogen-bond donors (Lipinski definition) is 0. The quantitative estimate of drug-likeness (QED) is 0.224. The van der Waals surface area contributed by atoms with Crippen LogP contribution in [-0.2, 0) is 19.4 Å². The van der Waals surface area contributed by atoms with Gasteiger partial charge < -0.3 is 4.90 Å². The summed E-state index contributed by atoms with van der Waals surface area (Å²) in [6, 6.07) is 12.8. The predicted molar refractivity (Wildman–Crippen MR) is 172 cm³/mol. The van der Waals surface area contributed by atoms with Crippen molar-refractivity contribution in [1.29, 1.82) is 0 Å². The monoisotopic (exact) mass is 535 g/mol. The Labute approximate surface area is 243 Å². The number of nitrogens with zero attached hydrogens (tertiary/aromatic N) is 3. The smallest absolute Gasteiger partial charge is 0.129 e. The molecule has 0 bridgehead atoms. The van der Waals surface area contributed by atoms with Crippen LogP contribution in [-0.4, -0.2) is 35.1 Å². The first-order valence-corrected chi connectivity index (χ1v) is 15.7. The SMILES string of the molecule is C=C/C=C\C(=C(/C)CCc1cc(C)c2c(c1)CCN(C1CCCC1)C2)c1cccc(N2CCC(C=C)C2CC)n1. The van der Waals surface area contributed by atoms with Crippen LogP contribution in [0.1, 0.15) is 86.7 Å². The molecule has 0 spiro atoms. The van der Waals surface area contributed by atoms with Gasteiger partial charge in [0, 0.05) is 31.7 Å². The number of benzene rings is 1. The van der Waals surface area contributed by atoms with E-state index < -0.39 is 0 Å². The summed E-state index contributed by atoms with van der Waals surface area (Å²) in [5.74, 6) is 1.63.